The number of hydrogen-bond acceptors (Lipinski definition) is 4. The molecular weight excluding hydrogens is 515 g/mol. The van der Waals surface area contributed by atoms with Gasteiger partial charge in [0.05, 0.1) is 18.0 Å². The van der Waals surface area contributed by atoms with E-state index in [-0.39, 0.29) is 35.4 Å². The first-order valence-corrected chi connectivity index (χ1v) is 12.0. The van der Waals surface area contributed by atoms with Gasteiger partial charge < -0.3 is 15.4 Å². The Morgan fingerprint density at radius 3 is 2.63 bits per heavy atom. The third kappa shape index (κ3) is 12.1. The van der Waals surface area contributed by atoms with Crippen LogP contribution < -0.4 is 15.4 Å². The molecule has 0 radical (unpaired) electrons. The van der Waals surface area contributed by atoms with Gasteiger partial charge in [-0.05, 0) is 38.0 Å². The first kappa shape index (κ1) is 29.1. The maximum atomic E-state index is 12.4. The standard InChI is InChI=1S/C21H38N4O3S.HI/c1-5-7-8-9-11-18(3)25-21(22-6-2)23-17-19-12-10-13-20(16-19)29(26,27)24-14-15-28-4;/h10,12-13,16,18,24H,5-9,11,14-15,17H2,1-4H3,(H2,22,23,25);1H. The van der Waals surface area contributed by atoms with E-state index in [0.29, 0.717) is 19.2 Å². The van der Waals surface area contributed by atoms with E-state index in [2.05, 4.69) is 34.2 Å². The molecule has 0 aliphatic heterocycles. The SMILES string of the molecule is CCCCCCC(C)NC(=NCc1cccc(S(=O)(=O)NCCOC)c1)NCC.I. The number of benzene rings is 1. The summed E-state index contributed by atoms with van der Waals surface area (Å²) in [4.78, 5) is 4.87. The Balaban J connectivity index is 0.00000841. The van der Waals surface area contributed by atoms with Crippen molar-refractivity contribution in [2.24, 2.45) is 4.99 Å². The molecule has 174 valence electrons. The van der Waals surface area contributed by atoms with Gasteiger partial charge in [0.25, 0.3) is 0 Å². The number of nitrogens with zero attached hydrogens (tertiary/aromatic N) is 1. The van der Waals surface area contributed by atoms with Gasteiger partial charge in [-0.3, -0.25) is 0 Å². The van der Waals surface area contributed by atoms with Crippen molar-refractivity contribution in [1.29, 1.82) is 0 Å². The van der Waals surface area contributed by atoms with Crippen molar-refractivity contribution in [2.75, 3.05) is 26.8 Å². The highest BCUT2D eigenvalue weighted by Gasteiger charge is 2.13. The summed E-state index contributed by atoms with van der Waals surface area (Å²) in [7, 11) is -2.01. The van der Waals surface area contributed by atoms with Gasteiger partial charge in [-0.15, -0.1) is 24.0 Å². The number of hydrogen-bond donors (Lipinski definition) is 3. The molecule has 1 unspecified atom stereocenters. The summed E-state index contributed by atoms with van der Waals surface area (Å²) in [6.07, 6.45) is 6.08. The van der Waals surface area contributed by atoms with E-state index in [1.54, 1.807) is 18.2 Å². The molecule has 30 heavy (non-hydrogen) atoms. The van der Waals surface area contributed by atoms with Crippen LogP contribution in [0.5, 0.6) is 0 Å². The molecule has 1 rings (SSSR count). The van der Waals surface area contributed by atoms with E-state index in [4.69, 9.17) is 4.74 Å². The highest BCUT2D eigenvalue weighted by atomic mass is 127. The molecule has 0 amide bonds. The van der Waals surface area contributed by atoms with E-state index < -0.39 is 10.0 Å². The number of guanidine groups is 1. The van der Waals surface area contributed by atoms with Gasteiger partial charge in [0.15, 0.2) is 5.96 Å². The Bertz CT molecular complexity index is 714. The largest absolute Gasteiger partial charge is 0.383 e. The predicted octanol–water partition coefficient (Wildman–Crippen LogP) is 3.64. The lowest BCUT2D eigenvalue weighted by Crippen LogP contribution is -2.42. The summed E-state index contributed by atoms with van der Waals surface area (Å²) in [6.45, 7) is 8.15. The molecule has 0 bridgehead atoms. The second kappa shape index (κ2) is 16.7. The first-order valence-electron chi connectivity index (χ1n) is 10.5. The zero-order chi connectivity index (χ0) is 21.5. The number of unbranched alkanes of at least 4 members (excludes halogenated alkanes) is 3. The number of halogens is 1. The fraction of sp³-hybridized carbons (Fsp3) is 0.667. The van der Waals surface area contributed by atoms with E-state index in [1.807, 2.05) is 13.0 Å². The van der Waals surface area contributed by atoms with Crippen LogP contribution in [-0.4, -0.2) is 47.2 Å². The fourth-order valence-corrected chi connectivity index (χ4v) is 3.93. The van der Waals surface area contributed by atoms with Crippen LogP contribution in [0, 0.1) is 0 Å². The number of nitrogens with one attached hydrogen (secondary N) is 3. The van der Waals surface area contributed by atoms with Crippen LogP contribution >= 0.6 is 24.0 Å². The maximum Gasteiger partial charge on any atom is 0.240 e. The van der Waals surface area contributed by atoms with Crippen molar-refractivity contribution in [2.45, 2.75) is 70.4 Å². The summed E-state index contributed by atoms with van der Waals surface area (Å²) in [5.41, 5.74) is 0.840. The minimum atomic E-state index is -3.55. The Labute approximate surface area is 199 Å². The third-order valence-corrected chi connectivity index (χ3v) is 5.90. The van der Waals surface area contributed by atoms with Crippen LogP contribution in [0.15, 0.2) is 34.2 Å². The molecule has 0 heterocycles. The summed E-state index contributed by atoms with van der Waals surface area (Å²) in [5.74, 6) is 0.752. The monoisotopic (exact) mass is 554 g/mol. The second-order valence-electron chi connectivity index (χ2n) is 7.13. The van der Waals surface area contributed by atoms with Crippen LogP contribution in [0.1, 0.15) is 58.4 Å². The molecule has 0 spiro atoms. The Morgan fingerprint density at radius 1 is 1.20 bits per heavy atom. The van der Waals surface area contributed by atoms with Gasteiger partial charge in [0.2, 0.25) is 10.0 Å². The third-order valence-electron chi connectivity index (χ3n) is 4.44. The maximum absolute atomic E-state index is 12.4. The van der Waals surface area contributed by atoms with Crippen LogP contribution in [0.2, 0.25) is 0 Å². The van der Waals surface area contributed by atoms with Gasteiger partial charge in [0.1, 0.15) is 0 Å². The molecule has 0 saturated heterocycles. The molecule has 9 heteroatoms. The smallest absolute Gasteiger partial charge is 0.240 e. The minimum Gasteiger partial charge on any atom is -0.383 e. The first-order chi connectivity index (χ1) is 13.9. The minimum absolute atomic E-state index is 0. The second-order valence-corrected chi connectivity index (χ2v) is 8.89. The Morgan fingerprint density at radius 2 is 1.97 bits per heavy atom. The molecule has 0 saturated carbocycles. The van der Waals surface area contributed by atoms with Gasteiger partial charge >= 0.3 is 0 Å². The van der Waals surface area contributed by atoms with Crippen LogP contribution in [0.4, 0.5) is 0 Å². The lowest BCUT2D eigenvalue weighted by Gasteiger charge is -2.18. The summed E-state index contributed by atoms with van der Waals surface area (Å²) in [6, 6.07) is 7.21. The van der Waals surface area contributed by atoms with Gasteiger partial charge in [-0.25, -0.2) is 18.1 Å². The molecular formula is C21H39IN4O3S. The number of ether oxygens (including phenoxy) is 1. The van der Waals surface area contributed by atoms with Crippen molar-refractivity contribution in [3.05, 3.63) is 29.8 Å². The lowest BCUT2D eigenvalue weighted by molar-refractivity contribution is 0.204. The zero-order valence-electron chi connectivity index (χ0n) is 18.7. The fourth-order valence-electron chi connectivity index (χ4n) is 2.85. The molecule has 0 aromatic heterocycles. The molecule has 1 aromatic rings. The Hall–Kier alpha value is -0.910. The van der Waals surface area contributed by atoms with Gasteiger partial charge in [-0.2, -0.15) is 0 Å². The molecule has 0 aliphatic carbocycles. The van der Waals surface area contributed by atoms with E-state index in [9.17, 15) is 8.42 Å². The lowest BCUT2D eigenvalue weighted by atomic mass is 10.1. The number of rotatable bonds is 14. The average molecular weight is 555 g/mol. The highest BCUT2D eigenvalue weighted by molar-refractivity contribution is 14.0. The molecule has 0 aliphatic rings. The number of sulfonamides is 1. The molecule has 1 atom stereocenters. The predicted molar refractivity (Wildman–Crippen MR) is 135 cm³/mol. The highest BCUT2D eigenvalue weighted by Crippen LogP contribution is 2.12. The van der Waals surface area contributed by atoms with Gasteiger partial charge in [-0.1, -0.05) is 44.7 Å². The van der Waals surface area contributed by atoms with Crippen molar-refractivity contribution >= 4 is 40.0 Å². The average Bonchev–Trinajstić information content (AvgIpc) is 2.70. The van der Waals surface area contributed by atoms with E-state index in [1.165, 1.54) is 32.8 Å². The summed E-state index contributed by atoms with van der Waals surface area (Å²) in [5, 5.41) is 6.70. The number of aliphatic imine (C=N–C) groups is 1. The van der Waals surface area contributed by atoms with Gasteiger partial charge in [0, 0.05) is 26.2 Å². The van der Waals surface area contributed by atoms with E-state index in [0.717, 1.165) is 24.5 Å². The van der Waals surface area contributed by atoms with Crippen molar-refractivity contribution in [3.63, 3.8) is 0 Å². The van der Waals surface area contributed by atoms with Crippen molar-refractivity contribution in [1.82, 2.24) is 15.4 Å². The summed E-state index contributed by atoms with van der Waals surface area (Å²) >= 11 is 0. The quantitative estimate of drug-likeness (QED) is 0.141. The Kier molecular flexibility index (Phi) is 16.2. The van der Waals surface area contributed by atoms with Crippen LogP contribution in [0.25, 0.3) is 0 Å². The van der Waals surface area contributed by atoms with E-state index >= 15 is 0 Å². The zero-order valence-corrected chi connectivity index (χ0v) is 21.9. The topological polar surface area (TPSA) is 91.8 Å². The molecule has 7 nitrogen and oxygen atoms in total. The molecule has 3 N–H and O–H groups in total. The molecule has 0 fully saturated rings. The van der Waals surface area contributed by atoms with Crippen LogP contribution in [0.3, 0.4) is 0 Å². The summed E-state index contributed by atoms with van der Waals surface area (Å²) < 4.78 is 32.2. The molecule has 1 aromatic carbocycles. The number of methoxy groups -OCH3 is 1. The van der Waals surface area contributed by atoms with Crippen LogP contribution in [-0.2, 0) is 21.3 Å². The van der Waals surface area contributed by atoms with Crippen molar-refractivity contribution in [3.8, 4) is 0 Å². The van der Waals surface area contributed by atoms with Crippen molar-refractivity contribution < 1.29 is 13.2 Å². The normalized spacial score (nSPS) is 12.9.